The summed E-state index contributed by atoms with van der Waals surface area (Å²) in [7, 11) is 3.66. The predicted octanol–water partition coefficient (Wildman–Crippen LogP) is 6.18. The Balaban J connectivity index is 1.40. The van der Waals surface area contributed by atoms with Crippen molar-refractivity contribution in [3.8, 4) is 11.4 Å². The maximum absolute atomic E-state index is 14.7. The van der Waals surface area contributed by atoms with Gasteiger partial charge >= 0.3 is 24.1 Å². The number of carbonyl (C=O) groups excluding carboxylic acids is 5. The van der Waals surface area contributed by atoms with Gasteiger partial charge in [0, 0.05) is 66.8 Å². The van der Waals surface area contributed by atoms with Crippen LogP contribution in [0.15, 0.2) is 79.4 Å². The van der Waals surface area contributed by atoms with E-state index in [0.29, 0.717) is 17.8 Å². The van der Waals surface area contributed by atoms with Crippen molar-refractivity contribution >= 4 is 42.1 Å². The van der Waals surface area contributed by atoms with Crippen molar-refractivity contribution in [3.63, 3.8) is 0 Å². The van der Waals surface area contributed by atoms with Crippen LogP contribution in [-0.2, 0) is 42.8 Å². The number of aromatic nitrogens is 3. The molecule has 3 aliphatic rings. The Bertz CT molecular complexity index is 2340. The van der Waals surface area contributed by atoms with Crippen LogP contribution in [0.3, 0.4) is 0 Å². The molecule has 18 heteroatoms. The van der Waals surface area contributed by atoms with Gasteiger partial charge in [-0.25, -0.2) is 24.4 Å². The molecule has 0 spiro atoms. The minimum absolute atomic E-state index is 0.0302. The second-order valence-electron chi connectivity index (χ2n) is 19.3. The molecule has 378 valence electrons. The molecule has 3 fully saturated rings. The van der Waals surface area contributed by atoms with Gasteiger partial charge in [0.05, 0.1) is 18.1 Å². The lowest BCUT2D eigenvalue weighted by molar-refractivity contribution is -0.298. The van der Waals surface area contributed by atoms with Crippen LogP contribution in [0.25, 0.3) is 23.5 Å². The first kappa shape index (κ1) is 53.3. The maximum atomic E-state index is 14.7. The van der Waals surface area contributed by atoms with Crippen molar-refractivity contribution in [2.75, 3.05) is 20.6 Å². The van der Waals surface area contributed by atoms with E-state index in [1.54, 1.807) is 97.5 Å². The van der Waals surface area contributed by atoms with Crippen molar-refractivity contribution < 1.29 is 57.5 Å². The average molecular weight is 969 g/mol. The van der Waals surface area contributed by atoms with E-state index in [9.17, 15) is 29.1 Å². The van der Waals surface area contributed by atoms with E-state index >= 15 is 0 Å². The highest BCUT2D eigenvalue weighted by Crippen LogP contribution is 2.42. The number of pyridine rings is 1. The smallest absolute Gasteiger partial charge is 0.408 e. The molecule has 1 aromatic carbocycles. The van der Waals surface area contributed by atoms with Gasteiger partial charge in [-0.3, -0.25) is 14.6 Å². The molecule has 0 bridgehead atoms. The van der Waals surface area contributed by atoms with Crippen LogP contribution in [-0.4, -0.2) is 136 Å². The van der Waals surface area contributed by atoms with Crippen LogP contribution in [0.2, 0.25) is 0 Å². The molecular formula is C52H68N6O12. The third-order valence-electron chi connectivity index (χ3n) is 13.7. The van der Waals surface area contributed by atoms with Crippen molar-refractivity contribution in [1.29, 1.82) is 0 Å². The SMILES string of the molecule is CC[C@H]1OC(=O)[C@H](C)[C@@H](OC(=O)C=Cc2cccnc2)[C@H](C)[C@@H](O[C@@H]2O[C@H](C)C[C@H](N(C)C)[C@H]2O)[C@](C)(OC(=O)NCC=Cc2ccc(-c3ncccn3)cc2)C[C@@H](C)C(=O)[C@H](C)[C@H]2NC(=O)O[C@@]21C. The monoisotopic (exact) mass is 968 g/mol. The molecule has 3 aliphatic heterocycles. The molecule has 14 atom stereocenters. The van der Waals surface area contributed by atoms with Gasteiger partial charge in [0.15, 0.2) is 17.7 Å². The highest BCUT2D eigenvalue weighted by molar-refractivity contribution is 5.88. The summed E-state index contributed by atoms with van der Waals surface area (Å²) < 4.78 is 37.9. The Kier molecular flexibility index (Phi) is 17.7. The molecule has 18 nitrogen and oxygen atoms in total. The zero-order valence-electron chi connectivity index (χ0n) is 41.6. The summed E-state index contributed by atoms with van der Waals surface area (Å²) in [6, 6.07) is 11.4. The van der Waals surface area contributed by atoms with Gasteiger partial charge in [0.2, 0.25) is 0 Å². The topological polar surface area (TPSA) is 227 Å². The van der Waals surface area contributed by atoms with Crippen molar-refractivity contribution in [2.45, 2.75) is 135 Å². The Morgan fingerprint density at radius 3 is 2.33 bits per heavy atom. The number of aliphatic hydroxyl groups is 1. The number of hydrogen-bond donors (Lipinski definition) is 3. The Labute approximate surface area is 409 Å². The number of rotatable bonds is 12. The number of carbonyl (C=O) groups is 5. The van der Waals surface area contributed by atoms with Gasteiger partial charge in [-0.1, -0.05) is 70.2 Å². The molecule has 70 heavy (non-hydrogen) atoms. The summed E-state index contributed by atoms with van der Waals surface area (Å²) >= 11 is 0. The highest BCUT2D eigenvalue weighted by Gasteiger charge is 2.58. The number of amides is 2. The molecule has 3 aromatic rings. The first-order valence-electron chi connectivity index (χ1n) is 23.9. The molecule has 2 aromatic heterocycles. The van der Waals surface area contributed by atoms with Crippen molar-refractivity contribution in [1.82, 2.24) is 30.5 Å². The number of hydrogen-bond acceptors (Lipinski definition) is 16. The quantitative estimate of drug-likeness (QED) is 0.105. The minimum atomic E-state index is -1.79. The summed E-state index contributed by atoms with van der Waals surface area (Å²) in [4.78, 5) is 85.0. The first-order chi connectivity index (χ1) is 33.2. The van der Waals surface area contributed by atoms with Crippen LogP contribution in [0, 0.1) is 23.7 Å². The number of likely N-dealkylation sites (N-methyl/N-ethyl adjacent to an activating group) is 1. The van der Waals surface area contributed by atoms with Gasteiger partial charge in [0.25, 0.3) is 0 Å². The van der Waals surface area contributed by atoms with E-state index in [2.05, 4.69) is 25.6 Å². The van der Waals surface area contributed by atoms with Gasteiger partial charge in [-0.05, 0) is 90.4 Å². The summed E-state index contributed by atoms with van der Waals surface area (Å²) in [6.07, 6.45) is 4.94. The molecule has 0 aliphatic carbocycles. The zero-order valence-corrected chi connectivity index (χ0v) is 41.6. The number of benzene rings is 1. The Morgan fingerprint density at radius 2 is 1.67 bits per heavy atom. The van der Waals surface area contributed by atoms with Crippen molar-refractivity contribution in [2.24, 2.45) is 23.7 Å². The molecule has 3 N–H and O–H groups in total. The first-order valence-corrected chi connectivity index (χ1v) is 23.9. The number of alkyl carbamates (subject to hydrolysis) is 2. The van der Waals surface area contributed by atoms with Crippen LogP contribution >= 0.6 is 0 Å². The summed E-state index contributed by atoms with van der Waals surface area (Å²) in [5, 5.41) is 17.5. The lowest BCUT2D eigenvalue weighted by Gasteiger charge is -2.48. The minimum Gasteiger partial charge on any atom is -0.458 e. The van der Waals surface area contributed by atoms with Gasteiger partial charge in [-0.15, -0.1) is 0 Å². The zero-order chi connectivity index (χ0) is 50.9. The molecule has 0 unspecified atom stereocenters. The Morgan fingerprint density at radius 1 is 0.957 bits per heavy atom. The second-order valence-corrected chi connectivity index (χ2v) is 19.3. The van der Waals surface area contributed by atoms with E-state index in [-0.39, 0.29) is 25.2 Å². The lowest BCUT2D eigenvalue weighted by Crippen LogP contribution is -2.61. The molecule has 3 saturated heterocycles. The summed E-state index contributed by atoms with van der Waals surface area (Å²) in [5.74, 6) is -5.40. The standard InChI is InChI=1S/C52H68N6O12/c1-11-39-52(8)44(57-50(64)70-52)32(4)41(60)30(2)28-51(7,69-49(63)56-24-13-15-35-17-20-37(21-18-35)46-54-25-14-26-55-46)45(68-48-42(61)38(58(9)10)27-31(3)65-48)33(5)43(34(6)47(62)66-39)67-40(59)22-19-36-16-12-23-53-29-36/h12-23,25-26,29-34,38-39,42-45,48,61H,11,24,27-28H2,1-10H3,(H,56,63)(H,57,64)/t30-,31-,32+,33+,34-,38+,39-,42-,43+,44-,45-,48+,51-,52-/m1/s1. The fraction of sp³-hybridized carbons (Fsp3) is 0.538. The molecule has 6 rings (SSSR count). The molecule has 0 radical (unpaired) electrons. The third-order valence-corrected chi connectivity index (χ3v) is 13.7. The summed E-state index contributed by atoms with van der Waals surface area (Å²) in [5.41, 5.74) is -0.980. The highest BCUT2D eigenvalue weighted by atomic mass is 16.7. The van der Waals surface area contributed by atoms with E-state index < -0.39 is 108 Å². The largest absolute Gasteiger partial charge is 0.458 e. The van der Waals surface area contributed by atoms with E-state index in [0.717, 1.165) is 11.1 Å². The predicted molar refractivity (Wildman–Crippen MR) is 258 cm³/mol. The van der Waals surface area contributed by atoms with Crippen LogP contribution in [0.5, 0.6) is 0 Å². The number of fused-ring (bicyclic) bond motifs is 1. The number of Topliss-reactive ketones (excluding diaryl/α,β-unsaturated/α-hetero) is 1. The van der Waals surface area contributed by atoms with E-state index in [4.69, 9.17) is 28.4 Å². The number of nitrogens with one attached hydrogen (secondary N) is 2. The normalized spacial score (nSPS) is 33.2. The van der Waals surface area contributed by atoms with E-state index in [1.807, 2.05) is 56.3 Å². The fourth-order valence-corrected chi connectivity index (χ4v) is 10.0. The van der Waals surface area contributed by atoms with Crippen molar-refractivity contribution in [3.05, 3.63) is 90.5 Å². The van der Waals surface area contributed by atoms with Crippen LogP contribution < -0.4 is 10.6 Å². The van der Waals surface area contributed by atoms with Crippen LogP contribution in [0.4, 0.5) is 9.59 Å². The number of aliphatic hydroxyl groups excluding tert-OH is 1. The maximum Gasteiger partial charge on any atom is 0.408 e. The van der Waals surface area contributed by atoms with E-state index in [1.165, 1.54) is 12.2 Å². The summed E-state index contributed by atoms with van der Waals surface area (Å²) in [6.45, 7) is 13.4. The van der Waals surface area contributed by atoms with Gasteiger partial charge in [-0.2, -0.15) is 0 Å². The Hall–Kier alpha value is -6.08. The molecule has 5 heterocycles. The van der Waals surface area contributed by atoms with Crippen LogP contribution in [0.1, 0.15) is 85.8 Å². The number of esters is 2. The lowest BCUT2D eigenvalue weighted by atomic mass is 9.73. The fourth-order valence-electron chi connectivity index (χ4n) is 10.0. The second kappa shape index (κ2) is 23.2. The third kappa shape index (κ3) is 12.6. The number of nitrogens with zero attached hydrogens (tertiary/aromatic N) is 4. The number of ether oxygens (including phenoxy) is 6. The van der Waals surface area contributed by atoms with Gasteiger partial charge < -0.3 is 49.1 Å². The molecule has 2 amide bonds. The van der Waals surface area contributed by atoms with Gasteiger partial charge in [0.1, 0.15) is 35.8 Å². The molecule has 0 saturated carbocycles. The molecular weight excluding hydrogens is 901 g/mol. The number of cyclic esters (lactones) is 1. The average Bonchev–Trinajstić information content (AvgIpc) is 3.66. The number of ketones is 1.